The van der Waals surface area contributed by atoms with Crippen LogP contribution in [0.25, 0.3) is 21.7 Å². The summed E-state index contributed by atoms with van der Waals surface area (Å²) in [5, 5.41) is 1.08. The van der Waals surface area contributed by atoms with Gasteiger partial charge in [0, 0.05) is 11.1 Å². The van der Waals surface area contributed by atoms with Gasteiger partial charge in [0.2, 0.25) is 0 Å². The lowest BCUT2D eigenvalue weighted by atomic mass is 10.1. The summed E-state index contributed by atoms with van der Waals surface area (Å²) >= 11 is 1.72. The van der Waals surface area contributed by atoms with Gasteiger partial charge < -0.3 is 4.74 Å². The Bertz CT molecular complexity index is 713. The molecule has 1 aliphatic rings. The predicted octanol–water partition coefficient (Wildman–Crippen LogP) is 4.89. The Morgan fingerprint density at radius 2 is 1.53 bits per heavy atom. The molecule has 0 fully saturated rings. The van der Waals surface area contributed by atoms with Crippen molar-refractivity contribution in [2.75, 3.05) is 0 Å². The van der Waals surface area contributed by atoms with E-state index >= 15 is 0 Å². The highest BCUT2D eigenvalue weighted by Crippen LogP contribution is 2.48. The molecule has 2 heterocycles. The van der Waals surface area contributed by atoms with Crippen molar-refractivity contribution >= 4 is 11.3 Å². The van der Waals surface area contributed by atoms with Crippen LogP contribution in [0.1, 0.15) is 5.01 Å². The van der Waals surface area contributed by atoms with E-state index in [9.17, 15) is 0 Å². The number of aromatic nitrogens is 1. The molecule has 0 amide bonds. The Kier molecular flexibility index (Phi) is 2.23. The SMILES string of the molecule is Cc1nc2c(s1)-c1ccccc1Oc1ccccc1-2. The second kappa shape index (κ2) is 3.93. The maximum absolute atomic E-state index is 6.05. The number of fused-ring (bicyclic) bond motifs is 5. The number of benzene rings is 2. The lowest BCUT2D eigenvalue weighted by Gasteiger charge is -2.07. The Morgan fingerprint density at radius 3 is 2.32 bits per heavy atom. The number of ether oxygens (including phenoxy) is 1. The molecule has 0 saturated heterocycles. The number of nitrogens with zero attached hydrogens (tertiary/aromatic N) is 1. The van der Waals surface area contributed by atoms with Gasteiger partial charge in [-0.25, -0.2) is 4.98 Å². The summed E-state index contributed by atoms with van der Waals surface area (Å²) in [7, 11) is 0. The molecule has 3 heteroatoms. The zero-order valence-electron chi connectivity index (χ0n) is 10.4. The van der Waals surface area contributed by atoms with Crippen molar-refractivity contribution in [3.8, 4) is 33.2 Å². The van der Waals surface area contributed by atoms with Crippen molar-refractivity contribution in [2.45, 2.75) is 6.92 Å². The Hall–Kier alpha value is -2.13. The van der Waals surface area contributed by atoms with E-state index in [1.165, 1.54) is 4.88 Å². The molecular weight excluding hydrogens is 254 g/mol. The van der Waals surface area contributed by atoms with Crippen LogP contribution in [0.4, 0.5) is 0 Å². The van der Waals surface area contributed by atoms with E-state index in [1.54, 1.807) is 11.3 Å². The van der Waals surface area contributed by atoms with E-state index in [0.717, 1.165) is 33.3 Å². The van der Waals surface area contributed by atoms with Crippen LogP contribution in [0.15, 0.2) is 48.5 Å². The fourth-order valence-electron chi connectivity index (χ4n) is 2.41. The van der Waals surface area contributed by atoms with Crippen LogP contribution in [0.5, 0.6) is 11.5 Å². The molecule has 0 bridgehead atoms. The van der Waals surface area contributed by atoms with Crippen LogP contribution in [0.3, 0.4) is 0 Å². The molecule has 0 N–H and O–H groups in total. The first-order chi connectivity index (χ1) is 9.33. The van der Waals surface area contributed by atoms with E-state index < -0.39 is 0 Å². The Balaban J connectivity index is 2.12. The highest BCUT2D eigenvalue weighted by atomic mass is 32.1. The third kappa shape index (κ3) is 1.59. The molecule has 2 nitrogen and oxygen atoms in total. The smallest absolute Gasteiger partial charge is 0.136 e. The average molecular weight is 265 g/mol. The van der Waals surface area contributed by atoms with Crippen molar-refractivity contribution in [1.82, 2.24) is 4.98 Å². The Labute approximate surface area is 115 Å². The number of rotatable bonds is 0. The first-order valence-corrected chi connectivity index (χ1v) is 6.98. The van der Waals surface area contributed by atoms with E-state index in [4.69, 9.17) is 4.74 Å². The van der Waals surface area contributed by atoms with E-state index in [2.05, 4.69) is 17.1 Å². The van der Waals surface area contributed by atoms with Crippen LogP contribution < -0.4 is 4.74 Å². The van der Waals surface area contributed by atoms with Gasteiger partial charge in [-0.2, -0.15) is 0 Å². The van der Waals surface area contributed by atoms with Gasteiger partial charge >= 0.3 is 0 Å². The summed E-state index contributed by atoms with van der Waals surface area (Å²) in [6, 6.07) is 16.2. The molecule has 4 rings (SSSR count). The first kappa shape index (κ1) is 10.8. The fraction of sp³-hybridized carbons (Fsp3) is 0.0625. The molecule has 1 aromatic heterocycles. The van der Waals surface area contributed by atoms with Crippen LogP contribution >= 0.6 is 11.3 Å². The highest BCUT2D eigenvalue weighted by Gasteiger charge is 2.23. The standard InChI is InChI=1S/C16H11NOS/c1-10-17-15-11-6-2-4-8-13(11)18-14-9-5-3-7-12(14)16(15)19-10/h2-9H,1H3. The van der Waals surface area contributed by atoms with Gasteiger partial charge in [0.25, 0.3) is 0 Å². The van der Waals surface area contributed by atoms with Gasteiger partial charge in [-0.15, -0.1) is 11.3 Å². The molecule has 3 aromatic rings. The minimum Gasteiger partial charge on any atom is -0.456 e. The van der Waals surface area contributed by atoms with Gasteiger partial charge in [-0.3, -0.25) is 0 Å². The van der Waals surface area contributed by atoms with E-state index in [1.807, 2.05) is 43.3 Å². The molecule has 19 heavy (non-hydrogen) atoms. The average Bonchev–Trinajstić information content (AvgIpc) is 2.76. The zero-order chi connectivity index (χ0) is 12.8. The van der Waals surface area contributed by atoms with E-state index in [-0.39, 0.29) is 0 Å². The van der Waals surface area contributed by atoms with Crippen LogP contribution in [-0.2, 0) is 0 Å². The third-order valence-electron chi connectivity index (χ3n) is 3.23. The molecule has 2 aromatic carbocycles. The quantitative estimate of drug-likeness (QED) is 0.451. The number of para-hydroxylation sites is 2. The summed E-state index contributed by atoms with van der Waals surface area (Å²) in [5.41, 5.74) is 3.22. The van der Waals surface area contributed by atoms with Gasteiger partial charge in [-0.1, -0.05) is 24.3 Å². The lowest BCUT2D eigenvalue weighted by molar-refractivity contribution is 0.487. The van der Waals surface area contributed by atoms with Crippen molar-refractivity contribution in [1.29, 1.82) is 0 Å². The van der Waals surface area contributed by atoms with Crippen molar-refractivity contribution in [3.05, 3.63) is 53.5 Å². The van der Waals surface area contributed by atoms with Gasteiger partial charge in [0.05, 0.1) is 15.6 Å². The number of thiazole rings is 1. The molecule has 0 unspecified atom stereocenters. The minimum absolute atomic E-state index is 0.874. The highest BCUT2D eigenvalue weighted by molar-refractivity contribution is 7.15. The van der Waals surface area contributed by atoms with Crippen LogP contribution in [0.2, 0.25) is 0 Å². The summed E-state index contributed by atoms with van der Waals surface area (Å²) in [4.78, 5) is 5.88. The fourth-order valence-corrected chi connectivity index (χ4v) is 3.37. The van der Waals surface area contributed by atoms with Crippen LogP contribution in [-0.4, -0.2) is 4.98 Å². The summed E-state index contributed by atoms with van der Waals surface area (Å²) in [6.07, 6.45) is 0. The molecule has 0 radical (unpaired) electrons. The summed E-state index contributed by atoms with van der Waals surface area (Å²) in [6.45, 7) is 2.05. The molecular formula is C16H11NOS. The first-order valence-electron chi connectivity index (χ1n) is 6.17. The van der Waals surface area contributed by atoms with Crippen LogP contribution in [0, 0.1) is 6.92 Å². The normalized spacial score (nSPS) is 11.8. The van der Waals surface area contributed by atoms with E-state index in [0.29, 0.717) is 0 Å². The number of hydrogen-bond acceptors (Lipinski definition) is 3. The molecule has 0 spiro atoms. The van der Waals surface area contributed by atoms with Gasteiger partial charge in [0.15, 0.2) is 0 Å². The molecule has 92 valence electrons. The predicted molar refractivity (Wildman–Crippen MR) is 77.8 cm³/mol. The van der Waals surface area contributed by atoms with Crippen molar-refractivity contribution < 1.29 is 4.74 Å². The van der Waals surface area contributed by atoms with Gasteiger partial charge in [0.1, 0.15) is 11.5 Å². The third-order valence-corrected chi connectivity index (χ3v) is 4.23. The molecule has 1 aliphatic heterocycles. The maximum atomic E-state index is 6.05. The van der Waals surface area contributed by atoms with Crippen molar-refractivity contribution in [2.24, 2.45) is 0 Å². The maximum Gasteiger partial charge on any atom is 0.136 e. The summed E-state index contributed by atoms with van der Waals surface area (Å²) in [5.74, 6) is 1.77. The number of hydrogen-bond donors (Lipinski definition) is 0. The topological polar surface area (TPSA) is 22.1 Å². The summed E-state index contributed by atoms with van der Waals surface area (Å²) < 4.78 is 6.05. The second-order valence-corrected chi connectivity index (χ2v) is 5.71. The monoisotopic (exact) mass is 265 g/mol. The minimum atomic E-state index is 0.874. The number of aryl methyl sites for hydroxylation is 1. The largest absolute Gasteiger partial charge is 0.456 e. The molecule has 0 saturated carbocycles. The lowest BCUT2D eigenvalue weighted by Crippen LogP contribution is -1.85. The molecule has 0 aliphatic carbocycles. The van der Waals surface area contributed by atoms with Crippen molar-refractivity contribution in [3.63, 3.8) is 0 Å². The van der Waals surface area contributed by atoms with Gasteiger partial charge in [-0.05, 0) is 31.2 Å². The second-order valence-electron chi connectivity index (χ2n) is 4.50. The Morgan fingerprint density at radius 1 is 0.895 bits per heavy atom. The zero-order valence-corrected chi connectivity index (χ0v) is 11.2. The molecule has 0 atom stereocenters.